The zero-order valence-corrected chi connectivity index (χ0v) is 15.7. The van der Waals surface area contributed by atoms with Crippen molar-refractivity contribution in [3.8, 4) is 0 Å². The molecule has 1 saturated carbocycles. The van der Waals surface area contributed by atoms with Gasteiger partial charge in [0.15, 0.2) is 0 Å². The fourth-order valence-electron chi connectivity index (χ4n) is 3.50. The van der Waals surface area contributed by atoms with Gasteiger partial charge in [0, 0.05) is 30.3 Å². The van der Waals surface area contributed by atoms with E-state index < -0.39 is 5.82 Å². The van der Waals surface area contributed by atoms with Crippen molar-refractivity contribution in [1.82, 2.24) is 5.32 Å². The Labute approximate surface area is 163 Å². The molecule has 2 aromatic carbocycles. The second-order valence-corrected chi connectivity index (χ2v) is 7.07. The molecule has 1 fully saturated rings. The molecule has 28 heavy (non-hydrogen) atoms. The zero-order chi connectivity index (χ0) is 19.9. The Morgan fingerprint density at radius 1 is 0.929 bits per heavy atom. The van der Waals surface area contributed by atoms with Crippen molar-refractivity contribution in [2.24, 2.45) is 5.92 Å². The van der Waals surface area contributed by atoms with E-state index in [-0.39, 0.29) is 23.5 Å². The highest BCUT2D eigenvalue weighted by Gasteiger charge is 2.22. The molecule has 0 radical (unpaired) electrons. The molecule has 0 bridgehead atoms. The number of amides is 2. The van der Waals surface area contributed by atoms with Crippen LogP contribution in [0.5, 0.6) is 0 Å². The van der Waals surface area contributed by atoms with E-state index in [4.69, 9.17) is 0 Å². The lowest BCUT2D eigenvalue weighted by molar-refractivity contribution is -0.124. The maximum absolute atomic E-state index is 13.3. The lowest BCUT2D eigenvalue weighted by atomic mass is 10.1. The molecule has 1 aliphatic carbocycles. The summed E-state index contributed by atoms with van der Waals surface area (Å²) in [5, 5.41) is 2.94. The minimum absolute atomic E-state index is 0.0793. The van der Waals surface area contributed by atoms with Gasteiger partial charge in [0.1, 0.15) is 11.6 Å². The third-order valence-corrected chi connectivity index (χ3v) is 5.06. The van der Waals surface area contributed by atoms with Crippen LogP contribution in [0.25, 0.3) is 0 Å². The van der Waals surface area contributed by atoms with Crippen LogP contribution < -0.4 is 10.2 Å². The molecule has 0 unspecified atom stereocenters. The molecule has 4 nitrogen and oxygen atoms in total. The van der Waals surface area contributed by atoms with Crippen LogP contribution in [0.2, 0.25) is 0 Å². The van der Waals surface area contributed by atoms with Crippen molar-refractivity contribution in [3.05, 3.63) is 65.7 Å². The first-order valence-electron chi connectivity index (χ1n) is 9.65. The van der Waals surface area contributed by atoms with Crippen LogP contribution in [0.1, 0.15) is 42.5 Å². The summed E-state index contributed by atoms with van der Waals surface area (Å²) in [6, 6.07) is 11.0. The van der Waals surface area contributed by atoms with Gasteiger partial charge in [-0.15, -0.1) is 0 Å². The van der Waals surface area contributed by atoms with Gasteiger partial charge in [-0.25, -0.2) is 8.78 Å². The van der Waals surface area contributed by atoms with Gasteiger partial charge in [-0.1, -0.05) is 12.8 Å². The fourth-order valence-corrected chi connectivity index (χ4v) is 3.50. The van der Waals surface area contributed by atoms with Gasteiger partial charge in [-0.05, 0) is 67.8 Å². The Bertz CT molecular complexity index is 800. The number of halogens is 2. The summed E-state index contributed by atoms with van der Waals surface area (Å²) in [6.07, 6.45) is 4.64. The van der Waals surface area contributed by atoms with Gasteiger partial charge in [0.05, 0.1) is 0 Å². The van der Waals surface area contributed by atoms with Gasteiger partial charge in [0.25, 0.3) is 5.91 Å². The summed E-state index contributed by atoms with van der Waals surface area (Å²) in [7, 11) is 0. The molecule has 2 amide bonds. The lowest BCUT2D eigenvalue weighted by Crippen LogP contribution is -2.35. The zero-order valence-electron chi connectivity index (χ0n) is 15.7. The van der Waals surface area contributed by atoms with Crippen molar-refractivity contribution in [2.75, 3.05) is 18.0 Å². The summed E-state index contributed by atoms with van der Waals surface area (Å²) in [4.78, 5) is 26.5. The molecule has 0 atom stereocenters. The summed E-state index contributed by atoms with van der Waals surface area (Å²) < 4.78 is 26.4. The Hall–Kier alpha value is -2.76. The van der Waals surface area contributed by atoms with Gasteiger partial charge < -0.3 is 10.2 Å². The minimum atomic E-state index is -0.417. The van der Waals surface area contributed by atoms with Gasteiger partial charge in [-0.2, -0.15) is 0 Å². The first-order chi connectivity index (χ1) is 13.5. The molecule has 0 spiro atoms. The quantitative estimate of drug-likeness (QED) is 0.721. The summed E-state index contributed by atoms with van der Waals surface area (Å²) >= 11 is 0. The molecule has 148 valence electrons. The average Bonchev–Trinajstić information content (AvgIpc) is 3.24. The smallest absolute Gasteiger partial charge is 0.258 e. The molecule has 0 saturated heterocycles. The summed E-state index contributed by atoms with van der Waals surface area (Å²) in [5.74, 6) is -0.917. The molecule has 0 aliphatic heterocycles. The van der Waals surface area contributed by atoms with Crippen LogP contribution in [0.15, 0.2) is 48.5 Å². The molecular weight excluding hydrogens is 362 g/mol. The Kier molecular flexibility index (Phi) is 6.74. The molecule has 0 aromatic heterocycles. The number of benzene rings is 2. The van der Waals surface area contributed by atoms with E-state index in [1.54, 1.807) is 0 Å². The third-order valence-electron chi connectivity index (χ3n) is 5.06. The van der Waals surface area contributed by atoms with Crippen LogP contribution in [-0.2, 0) is 4.79 Å². The first-order valence-corrected chi connectivity index (χ1v) is 9.65. The number of anilines is 1. The highest BCUT2D eigenvalue weighted by atomic mass is 19.1. The monoisotopic (exact) mass is 386 g/mol. The number of nitrogens with zero attached hydrogens (tertiary/aromatic N) is 1. The number of nitrogens with one attached hydrogen (secondary N) is 1. The normalized spacial score (nSPS) is 14.1. The van der Waals surface area contributed by atoms with Crippen LogP contribution in [0, 0.1) is 17.6 Å². The predicted molar refractivity (Wildman–Crippen MR) is 104 cm³/mol. The molecule has 0 heterocycles. The maximum atomic E-state index is 13.3. The molecule has 2 aromatic rings. The van der Waals surface area contributed by atoms with Crippen molar-refractivity contribution < 1.29 is 18.4 Å². The van der Waals surface area contributed by atoms with Crippen molar-refractivity contribution >= 4 is 17.5 Å². The predicted octanol–water partition coefficient (Wildman–Crippen LogP) is 4.31. The minimum Gasteiger partial charge on any atom is -0.356 e. The highest BCUT2D eigenvalue weighted by molar-refractivity contribution is 6.06. The molecule has 3 rings (SSSR count). The number of hydrogen-bond donors (Lipinski definition) is 1. The van der Waals surface area contributed by atoms with E-state index >= 15 is 0 Å². The van der Waals surface area contributed by atoms with Gasteiger partial charge >= 0.3 is 0 Å². The lowest BCUT2D eigenvalue weighted by Gasteiger charge is -2.23. The largest absolute Gasteiger partial charge is 0.356 e. The van der Waals surface area contributed by atoms with E-state index in [0.29, 0.717) is 30.8 Å². The van der Waals surface area contributed by atoms with Gasteiger partial charge in [0.2, 0.25) is 5.91 Å². The topological polar surface area (TPSA) is 49.4 Å². The molecule has 1 aliphatic rings. The maximum Gasteiger partial charge on any atom is 0.258 e. The Balaban J connectivity index is 1.64. The number of carbonyl (C=O) groups excluding carboxylic acids is 2. The number of hydrogen-bond acceptors (Lipinski definition) is 2. The van der Waals surface area contributed by atoms with Crippen molar-refractivity contribution in [1.29, 1.82) is 0 Å². The number of rotatable bonds is 7. The Morgan fingerprint density at radius 3 is 2.11 bits per heavy atom. The van der Waals surface area contributed by atoms with Crippen LogP contribution in [0.4, 0.5) is 14.5 Å². The fraction of sp³-hybridized carbons (Fsp3) is 0.364. The first kappa shape index (κ1) is 20.0. The van der Waals surface area contributed by atoms with E-state index in [0.717, 1.165) is 25.7 Å². The van der Waals surface area contributed by atoms with Gasteiger partial charge in [-0.3, -0.25) is 9.59 Å². The SMILES string of the molecule is O=C(NCCCN(C(=O)c1ccc(F)cc1)c1ccc(F)cc1)C1CCCC1. The van der Waals surface area contributed by atoms with Crippen LogP contribution in [0.3, 0.4) is 0 Å². The standard InChI is InChI=1S/C22H24F2N2O2/c23-18-8-6-17(7-9-18)22(28)26(20-12-10-19(24)11-13-20)15-3-14-25-21(27)16-4-1-2-5-16/h6-13,16H,1-5,14-15H2,(H,25,27). The summed E-state index contributed by atoms with van der Waals surface area (Å²) in [5.41, 5.74) is 0.901. The van der Waals surface area contributed by atoms with E-state index in [9.17, 15) is 18.4 Å². The van der Waals surface area contributed by atoms with Crippen LogP contribution in [-0.4, -0.2) is 24.9 Å². The second kappa shape index (κ2) is 9.44. The molecular formula is C22H24F2N2O2. The van der Waals surface area contributed by atoms with E-state index in [2.05, 4.69) is 5.32 Å². The second-order valence-electron chi connectivity index (χ2n) is 7.07. The summed E-state index contributed by atoms with van der Waals surface area (Å²) in [6.45, 7) is 0.816. The van der Waals surface area contributed by atoms with Crippen molar-refractivity contribution in [2.45, 2.75) is 32.1 Å². The highest BCUT2D eigenvalue weighted by Crippen LogP contribution is 2.24. The van der Waals surface area contributed by atoms with Crippen molar-refractivity contribution in [3.63, 3.8) is 0 Å². The van der Waals surface area contributed by atoms with E-state index in [1.807, 2.05) is 0 Å². The molecule has 1 N–H and O–H groups in total. The third kappa shape index (κ3) is 5.15. The van der Waals surface area contributed by atoms with Crippen LogP contribution >= 0.6 is 0 Å². The van der Waals surface area contributed by atoms with E-state index in [1.165, 1.54) is 53.4 Å². The Morgan fingerprint density at radius 2 is 1.50 bits per heavy atom. The number of carbonyl (C=O) groups is 2. The average molecular weight is 386 g/mol. The molecule has 6 heteroatoms.